The maximum absolute atomic E-state index is 4.49. The second-order valence-electron chi connectivity index (χ2n) is 5.80. The topological polar surface area (TPSA) is 25.8 Å². The molecule has 0 aliphatic heterocycles. The fourth-order valence-electron chi connectivity index (χ4n) is 2.76. The lowest BCUT2D eigenvalue weighted by Gasteiger charge is -2.05. The molecule has 0 bridgehead atoms. The number of aromatic nitrogens is 2. The molecular formula is C21H22N2. The van der Waals surface area contributed by atoms with Gasteiger partial charge in [0.25, 0.3) is 0 Å². The van der Waals surface area contributed by atoms with E-state index in [0.717, 1.165) is 23.4 Å². The zero-order valence-corrected chi connectivity index (χ0v) is 13.4. The highest BCUT2D eigenvalue weighted by atomic mass is 14.7. The first kappa shape index (κ1) is 15.4. The van der Waals surface area contributed by atoms with Crippen LogP contribution in [-0.2, 0) is 12.8 Å². The van der Waals surface area contributed by atoms with Crippen LogP contribution in [0.4, 0.5) is 0 Å². The van der Waals surface area contributed by atoms with Gasteiger partial charge in [0.1, 0.15) is 0 Å². The first-order valence-electron chi connectivity index (χ1n) is 8.32. The van der Waals surface area contributed by atoms with Crippen LogP contribution in [0, 0.1) is 0 Å². The summed E-state index contributed by atoms with van der Waals surface area (Å²) in [4.78, 5) is 8.90. The lowest BCUT2D eigenvalue weighted by molar-refractivity contribution is 0.671. The van der Waals surface area contributed by atoms with Crippen molar-refractivity contribution in [3.05, 3.63) is 84.3 Å². The van der Waals surface area contributed by atoms with Crippen molar-refractivity contribution >= 4 is 0 Å². The van der Waals surface area contributed by atoms with Crippen molar-refractivity contribution in [3.63, 3.8) is 0 Å². The van der Waals surface area contributed by atoms with Gasteiger partial charge in [-0.3, -0.25) is 9.97 Å². The van der Waals surface area contributed by atoms with Crippen LogP contribution >= 0.6 is 0 Å². The Morgan fingerprint density at radius 3 is 2.30 bits per heavy atom. The molecule has 116 valence electrons. The van der Waals surface area contributed by atoms with Crippen LogP contribution in [0.5, 0.6) is 0 Å². The highest BCUT2D eigenvalue weighted by Crippen LogP contribution is 2.17. The summed E-state index contributed by atoms with van der Waals surface area (Å²) in [6.07, 6.45) is 9.60. The maximum Gasteiger partial charge on any atom is 0.0703 e. The van der Waals surface area contributed by atoms with Crippen molar-refractivity contribution in [2.45, 2.75) is 32.1 Å². The van der Waals surface area contributed by atoms with Crippen LogP contribution in [0.15, 0.2) is 73.1 Å². The Labute approximate surface area is 138 Å². The van der Waals surface area contributed by atoms with Crippen LogP contribution in [-0.4, -0.2) is 9.97 Å². The Morgan fingerprint density at radius 2 is 1.48 bits per heavy atom. The molecule has 0 spiro atoms. The molecule has 0 aliphatic carbocycles. The van der Waals surface area contributed by atoms with Gasteiger partial charge in [0.15, 0.2) is 0 Å². The standard InChI is InChI=1S/C21H22N2/c1-3-9-18(10-4-1)11-5-2-6-12-20-17-19(14-16-22-20)21-13-7-8-15-23-21/h1,3-4,7-10,13-17H,2,5-6,11-12H2. The summed E-state index contributed by atoms with van der Waals surface area (Å²) in [5, 5.41) is 0. The number of benzene rings is 1. The van der Waals surface area contributed by atoms with E-state index in [-0.39, 0.29) is 0 Å². The molecule has 2 heterocycles. The van der Waals surface area contributed by atoms with E-state index < -0.39 is 0 Å². The van der Waals surface area contributed by atoms with Gasteiger partial charge < -0.3 is 0 Å². The van der Waals surface area contributed by atoms with Gasteiger partial charge in [-0.25, -0.2) is 0 Å². The Balaban J connectivity index is 1.47. The molecule has 0 radical (unpaired) electrons. The number of hydrogen-bond donors (Lipinski definition) is 0. The van der Waals surface area contributed by atoms with E-state index in [0.29, 0.717) is 0 Å². The Bertz CT molecular complexity index is 708. The zero-order valence-electron chi connectivity index (χ0n) is 13.4. The summed E-state index contributed by atoms with van der Waals surface area (Å²) in [6, 6.07) is 20.9. The monoisotopic (exact) mass is 302 g/mol. The summed E-state index contributed by atoms with van der Waals surface area (Å²) in [5.74, 6) is 0. The molecule has 3 aromatic rings. The van der Waals surface area contributed by atoms with Crippen LogP contribution in [0.2, 0.25) is 0 Å². The van der Waals surface area contributed by atoms with Crippen molar-refractivity contribution in [3.8, 4) is 11.3 Å². The molecule has 23 heavy (non-hydrogen) atoms. The van der Waals surface area contributed by atoms with Gasteiger partial charge in [-0.2, -0.15) is 0 Å². The predicted molar refractivity (Wildman–Crippen MR) is 95.2 cm³/mol. The molecule has 0 fully saturated rings. The zero-order chi connectivity index (χ0) is 15.7. The number of aryl methyl sites for hydroxylation is 2. The van der Waals surface area contributed by atoms with Crippen LogP contribution in [0.3, 0.4) is 0 Å². The third kappa shape index (κ3) is 4.75. The van der Waals surface area contributed by atoms with Crippen molar-refractivity contribution in [2.24, 2.45) is 0 Å². The van der Waals surface area contributed by atoms with Crippen molar-refractivity contribution in [1.82, 2.24) is 9.97 Å². The Kier molecular flexibility index (Phi) is 5.52. The highest BCUT2D eigenvalue weighted by molar-refractivity contribution is 5.58. The third-order valence-electron chi connectivity index (χ3n) is 4.02. The maximum atomic E-state index is 4.49. The molecule has 0 atom stereocenters. The predicted octanol–water partition coefficient (Wildman–Crippen LogP) is 5.10. The molecule has 2 aromatic heterocycles. The van der Waals surface area contributed by atoms with Crippen LogP contribution in [0.1, 0.15) is 30.5 Å². The lowest BCUT2D eigenvalue weighted by atomic mass is 10.0. The van der Waals surface area contributed by atoms with E-state index in [4.69, 9.17) is 0 Å². The van der Waals surface area contributed by atoms with E-state index in [1.165, 1.54) is 31.2 Å². The quantitative estimate of drug-likeness (QED) is 0.567. The molecular weight excluding hydrogens is 280 g/mol. The van der Waals surface area contributed by atoms with Crippen LogP contribution in [0.25, 0.3) is 11.3 Å². The van der Waals surface area contributed by atoms with Crippen molar-refractivity contribution in [2.75, 3.05) is 0 Å². The molecule has 0 unspecified atom stereocenters. The average Bonchev–Trinajstić information content (AvgIpc) is 2.63. The third-order valence-corrected chi connectivity index (χ3v) is 4.02. The Morgan fingerprint density at radius 1 is 0.652 bits per heavy atom. The second-order valence-corrected chi connectivity index (χ2v) is 5.80. The normalized spacial score (nSPS) is 10.6. The van der Waals surface area contributed by atoms with Gasteiger partial charge >= 0.3 is 0 Å². The van der Waals surface area contributed by atoms with E-state index >= 15 is 0 Å². The summed E-state index contributed by atoms with van der Waals surface area (Å²) in [6.45, 7) is 0. The molecule has 0 aliphatic rings. The summed E-state index contributed by atoms with van der Waals surface area (Å²) in [7, 11) is 0. The summed E-state index contributed by atoms with van der Waals surface area (Å²) in [5.41, 5.74) is 4.76. The first-order chi connectivity index (χ1) is 11.4. The van der Waals surface area contributed by atoms with Gasteiger partial charge in [-0.05, 0) is 55.5 Å². The second kappa shape index (κ2) is 8.23. The Hall–Kier alpha value is -2.48. The molecule has 0 saturated carbocycles. The smallest absolute Gasteiger partial charge is 0.0703 e. The van der Waals surface area contributed by atoms with Gasteiger partial charge in [0, 0.05) is 23.7 Å². The number of pyridine rings is 2. The number of rotatable bonds is 7. The van der Waals surface area contributed by atoms with Crippen molar-refractivity contribution in [1.29, 1.82) is 0 Å². The fourth-order valence-corrected chi connectivity index (χ4v) is 2.76. The SMILES string of the molecule is c1ccc(CCCCCc2cc(-c3ccccn3)ccn2)cc1. The average molecular weight is 302 g/mol. The molecule has 0 N–H and O–H groups in total. The lowest BCUT2D eigenvalue weighted by Crippen LogP contribution is -1.93. The summed E-state index contributed by atoms with van der Waals surface area (Å²) >= 11 is 0. The molecule has 0 saturated heterocycles. The number of nitrogens with zero attached hydrogens (tertiary/aromatic N) is 2. The van der Waals surface area contributed by atoms with E-state index in [1.54, 1.807) is 0 Å². The number of unbranched alkanes of at least 4 members (excludes halogenated alkanes) is 2. The molecule has 2 nitrogen and oxygen atoms in total. The first-order valence-corrected chi connectivity index (χ1v) is 8.32. The largest absolute Gasteiger partial charge is 0.261 e. The highest BCUT2D eigenvalue weighted by Gasteiger charge is 2.01. The minimum atomic E-state index is 1.01. The van der Waals surface area contributed by atoms with Gasteiger partial charge in [0.2, 0.25) is 0 Å². The van der Waals surface area contributed by atoms with E-state index in [9.17, 15) is 0 Å². The fraction of sp³-hybridized carbons (Fsp3) is 0.238. The van der Waals surface area contributed by atoms with Gasteiger partial charge in [-0.1, -0.05) is 42.8 Å². The molecule has 0 amide bonds. The minimum absolute atomic E-state index is 1.01. The molecule has 2 heteroatoms. The summed E-state index contributed by atoms with van der Waals surface area (Å²) < 4.78 is 0. The minimum Gasteiger partial charge on any atom is -0.261 e. The van der Waals surface area contributed by atoms with Crippen LogP contribution < -0.4 is 0 Å². The number of hydrogen-bond acceptors (Lipinski definition) is 2. The van der Waals surface area contributed by atoms with Crippen molar-refractivity contribution < 1.29 is 0 Å². The van der Waals surface area contributed by atoms with Gasteiger partial charge in [0.05, 0.1) is 5.69 Å². The van der Waals surface area contributed by atoms with E-state index in [2.05, 4.69) is 46.4 Å². The van der Waals surface area contributed by atoms with Gasteiger partial charge in [-0.15, -0.1) is 0 Å². The van der Waals surface area contributed by atoms with E-state index in [1.807, 2.05) is 36.7 Å². The molecule has 1 aromatic carbocycles. The molecule has 3 rings (SSSR count).